The molecular weight excluding hydrogens is 535 g/mol. The molecule has 0 fully saturated rings. The average Bonchev–Trinajstić information content (AvgIpc) is 3.40. The van der Waals surface area contributed by atoms with Crippen molar-refractivity contribution in [1.29, 1.82) is 0 Å². The number of hydrogen-bond donors (Lipinski definition) is 1. The number of hydrogen-bond acceptors (Lipinski definition) is 4. The minimum Gasteiger partial charge on any atom is -0.334 e. The third kappa shape index (κ3) is 9.07. The van der Waals surface area contributed by atoms with Crippen molar-refractivity contribution >= 4 is 23.2 Å². The Morgan fingerprint density at radius 2 is 1.40 bits per heavy atom. The van der Waals surface area contributed by atoms with E-state index in [9.17, 15) is 13.2 Å². The zero-order valence-electron chi connectivity index (χ0n) is 23.1. The summed E-state index contributed by atoms with van der Waals surface area (Å²) in [4.78, 5) is 4.68. The third-order valence-electron chi connectivity index (χ3n) is 7.14. The monoisotopic (exact) mass is 573 g/mol. The normalized spacial score (nSPS) is 11.6. The number of unbranched alkanes of at least 4 members (excludes halogenated alkanes) is 8. The van der Waals surface area contributed by atoms with Gasteiger partial charge in [0, 0.05) is 25.1 Å². The van der Waals surface area contributed by atoms with Gasteiger partial charge in [0.05, 0.1) is 5.56 Å². The molecule has 216 valence electrons. The second-order valence-electron chi connectivity index (χ2n) is 10.2. The van der Waals surface area contributed by atoms with Crippen LogP contribution in [0.5, 0.6) is 0 Å². The van der Waals surface area contributed by atoms with E-state index < -0.39 is 11.7 Å². The fraction of sp³-hybridized carbons (Fsp3) is 0.438. The number of alkyl halides is 3. The van der Waals surface area contributed by atoms with Gasteiger partial charge >= 0.3 is 6.18 Å². The van der Waals surface area contributed by atoms with Gasteiger partial charge in [0.25, 0.3) is 5.89 Å². The molecule has 0 radical (unpaired) electrons. The lowest BCUT2D eigenvalue weighted by Gasteiger charge is -2.11. The van der Waals surface area contributed by atoms with Crippen molar-refractivity contribution < 1.29 is 17.7 Å². The lowest BCUT2D eigenvalue weighted by atomic mass is 9.99. The van der Waals surface area contributed by atoms with Gasteiger partial charge in [-0.3, -0.25) is 0 Å². The molecule has 4 rings (SSSR count). The molecule has 1 N–H and O–H groups in total. The van der Waals surface area contributed by atoms with Gasteiger partial charge in [0.2, 0.25) is 0 Å². The van der Waals surface area contributed by atoms with E-state index in [0.29, 0.717) is 19.0 Å². The minimum absolute atomic E-state index is 0. The molecule has 0 aliphatic carbocycles. The fourth-order valence-corrected chi connectivity index (χ4v) is 4.91. The largest absolute Gasteiger partial charge is 0.416 e. The van der Waals surface area contributed by atoms with Crippen LogP contribution in [0.4, 0.5) is 13.2 Å². The number of rotatable bonds is 15. The van der Waals surface area contributed by atoms with Gasteiger partial charge in [-0.2, -0.15) is 18.2 Å². The zero-order chi connectivity index (χ0) is 27.5. The molecule has 0 atom stereocenters. The predicted octanol–water partition coefficient (Wildman–Crippen LogP) is 9.69. The lowest BCUT2D eigenvalue weighted by molar-refractivity contribution is -0.137. The molecule has 40 heavy (non-hydrogen) atoms. The molecule has 8 heteroatoms. The van der Waals surface area contributed by atoms with Gasteiger partial charge in [0.1, 0.15) is 0 Å². The Morgan fingerprint density at radius 3 is 2.08 bits per heavy atom. The summed E-state index contributed by atoms with van der Waals surface area (Å²) < 4.78 is 44.1. The Bertz CT molecular complexity index is 1310. The third-order valence-corrected chi connectivity index (χ3v) is 7.14. The summed E-state index contributed by atoms with van der Waals surface area (Å²) in [5.74, 6) is 1.28. The van der Waals surface area contributed by atoms with Crippen LogP contribution in [-0.4, -0.2) is 10.1 Å². The van der Waals surface area contributed by atoms with Crippen LogP contribution in [0.2, 0.25) is 0 Å². The van der Waals surface area contributed by atoms with Gasteiger partial charge in [-0.25, -0.2) is 0 Å². The van der Waals surface area contributed by atoms with E-state index in [1.165, 1.54) is 63.5 Å². The summed E-state index contributed by atoms with van der Waals surface area (Å²) in [6.45, 7) is 3.30. The van der Waals surface area contributed by atoms with Crippen molar-refractivity contribution in [2.75, 3.05) is 0 Å². The highest BCUT2D eigenvalue weighted by atomic mass is 35.5. The maximum Gasteiger partial charge on any atom is 0.416 e. The zero-order valence-corrected chi connectivity index (χ0v) is 23.9. The van der Waals surface area contributed by atoms with Crippen LogP contribution < -0.4 is 5.32 Å². The van der Waals surface area contributed by atoms with Crippen LogP contribution in [0.1, 0.15) is 87.2 Å². The maximum absolute atomic E-state index is 12.8. The molecule has 3 aromatic carbocycles. The summed E-state index contributed by atoms with van der Waals surface area (Å²) in [6, 6.07) is 17.4. The molecule has 4 nitrogen and oxygen atoms in total. The second kappa shape index (κ2) is 15.8. The maximum atomic E-state index is 12.8. The Kier molecular flexibility index (Phi) is 12.5. The smallest absolute Gasteiger partial charge is 0.334 e. The second-order valence-corrected chi connectivity index (χ2v) is 10.2. The minimum atomic E-state index is -4.32. The Hall–Kier alpha value is -2.90. The molecule has 0 aliphatic heterocycles. The lowest BCUT2D eigenvalue weighted by Crippen LogP contribution is -2.13. The molecule has 0 saturated carbocycles. The van der Waals surface area contributed by atoms with Crippen LogP contribution >= 0.6 is 12.4 Å². The summed E-state index contributed by atoms with van der Waals surface area (Å²) >= 11 is 0. The fourth-order valence-electron chi connectivity index (χ4n) is 4.91. The number of halogens is 4. The van der Waals surface area contributed by atoms with Crippen LogP contribution in [-0.2, 0) is 25.7 Å². The highest BCUT2D eigenvalue weighted by molar-refractivity contribution is 5.96. The van der Waals surface area contributed by atoms with Crippen LogP contribution in [0.25, 0.3) is 22.2 Å². The van der Waals surface area contributed by atoms with Gasteiger partial charge in [-0.1, -0.05) is 106 Å². The molecule has 0 spiro atoms. The highest BCUT2D eigenvalue weighted by Crippen LogP contribution is 2.31. The van der Waals surface area contributed by atoms with E-state index >= 15 is 0 Å². The number of nitrogens with one attached hydrogen (secondary N) is 1. The van der Waals surface area contributed by atoms with E-state index in [1.807, 2.05) is 24.3 Å². The average molecular weight is 574 g/mol. The topological polar surface area (TPSA) is 51.0 Å². The number of aromatic nitrogens is 2. The molecule has 1 aromatic heterocycles. The quantitative estimate of drug-likeness (QED) is 0.144. The van der Waals surface area contributed by atoms with Crippen molar-refractivity contribution in [3.63, 3.8) is 0 Å². The molecule has 0 unspecified atom stereocenters. The van der Waals surface area contributed by atoms with Crippen molar-refractivity contribution in [3.8, 4) is 11.5 Å². The summed E-state index contributed by atoms with van der Waals surface area (Å²) in [5, 5.41) is 9.68. The SMILES string of the molecule is CCCCCCCCCCCc1noc(-c2ccc(CNCc3ccc(C(F)(F)F)cc3)c3ccccc23)n1.Cl. The number of benzene rings is 3. The number of nitrogens with zero attached hydrogens (tertiary/aromatic N) is 2. The Morgan fingerprint density at radius 1 is 0.750 bits per heavy atom. The molecule has 1 heterocycles. The van der Waals surface area contributed by atoms with E-state index in [2.05, 4.69) is 34.5 Å². The molecule has 0 saturated heterocycles. The van der Waals surface area contributed by atoms with Gasteiger partial charge in [0.15, 0.2) is 5.82 Å². The van der Waals surface area contributed by atoms with E-state index in [1.54, 1.807) is 0 Å². The molecule has 0 bridgehead atoms. The molecule has 0 aliphatic rings. The number of aryl methyl sites for hydroxylation is 1. The van der Waals surface area contributed by atoms with Crippen LogP contribution in [0, 0.1) is 0 Å². The van der Waals surface area contributed by atoms with Crippen molar-refractivity contribution in [3.05, 3.63) is 83.2 Å². The first-order valence-electron chi connectivity index (χ1n) is 14.2. The first-order chi connectivity index (χ1) is 19.0. The Labute approximate surface area is 241 Å². The summed E-state index contributed by atoms with van der Waals surface area (Å²) in [6.07, 6.45) is 8.00. The van der Waals surface area contributed by atoms with Crippen LogP contribution in [0.3, 0.4) is 0 Å². The standard InChI is InChI=1S/C32H38F3N3O.ClH/c1-2-3-4-5-6-7-8-9-10-15-30-37-31(39-38-30)29-21-18-25(27-13-11-12-14-28(27)29)23-36-22-24-16-19-26(20-17-24)32(33,34)35;/h11-14,16-21,36H,2-10,15,22-23H2,1H3;1H. The Balaban J connectivity index is 0.00000441. The molecule has 0 amide bonds. The molecule has 4 aromatic rings. The van der Waals surface area contributed by atoms with Gasteiger partial charge in [-0.05, 0) is 46.5 Å². The summed E-state index contributed by atoms with van der Waals surface area (Å²) in [5.41, 5.74) is 2.16. The molecular formula is C32H39ClF3N3O. The van der Waals surface area contributed by atoms with E-state index in [-0.39, 0.29) is 12.4 Å². The van der Waals surface area contributed by atoms with Crippen molar-refractivity contribution in [2.24, 2.45) is 0 Å². The first-order valence-corrected chi connectivity index (χ1v) is 14.2. The van der Waals surface area contributed by atoms with Crippen molar-refractivity contribution in [1.82, 2.24) is 15.5 Å². The van der Waals surface area contributed by atoms with Crippen LogP contribution in [0.15, 0.2) is 65.2 Å². The van der Waals surface area contributed by atoms with Crippen molar-refractivity contribution in [2.45, 2.75) is 90.4 Å². The van der Waals surface area contributed by atoms with E-state index in [4.69, 9.17) is 4.52 Å². The predicted molar refractivity (Wildman–Crippen MR) is 157 cm³/mol. The van der Waals surface area contributed by atoms with E-state index in [0.717, 1.165) is 58.3 Å². The highest BCUT2D eigenvalue weighted by Gasteiger charge is 2.29. The number of fused-ring (bicyclic) bond motifs is 1. The first kappa shape index (κ1) is 31.6. The van der Waals surface area contributed by atoms with Gasteiger partial charge in [-0.15, -0.1) is 12.4 Å². The summed E-state index contributed by atoms with van der Waals surface area (Å²) in [7, 11) is 0. The van der Waals surface area contributed by atoms with Gasteiger partial charge < -0.3 is 9.84 Å².